The second-order valence-corrected chi connectivity index (χ2v) is 7.16. The van der Waals surface area contributed by atoms with Gasteiger partial charge in [0, 0.05) is 26.0 Å². The SMILES string of the molecule is CS(=O)(=O)c1c(N)nsc1NCC1CCOCC1. The van der Waals surface area contributed by atoms with Crippen molar-refractivity contribution in [2.45, 2.75) is 17.7 Å². The highest BCUT2D eigenvalue weighted by Crippen LogP contribution is 2.31. The van der Waals surface area contributed by atoms with E-state index < -0.39 is 9.84 Å². The van der Waals surface area contributed by atoms with Crippen LogP contribution in [0.2, 0.25) is 0 Å². The number of nitrogens with one attached hydrogen (secondary N) is 1. The van der Waals surface area contributed by atoms with E-state index in [-0.39, 0.29) is 10.7 Å². The Bertz CT molecular complexity index is 506. The molecule has 1 aromatic heterocycles. The first kappa shape index (κ1) is 13.6. The monoisotopic (exact) mass is 291 g/mol. The van der Waals surface area contributed by atoms with Gasteiger partial charge in [0.15, 0.2) is 15.7 Å². The molecule has 0 spiro atoms. The second kappa shape index (κ2) is 5.41. The summed E-state index contributed by atoms with van der Waals surface area (Å²) < 4.78 is 32.4. The number of nitrogens with zero attached hydrogens (tertiary/aromatic N) is 1. The van der Waals surface area contributed by atoms with E-state index in [9.17, 15) is 8.42 Å². The van der Waals surface area contributed by atoms with Crippen molar-refractivity contribution in [1.29, 1.82) is 0 Å². The quantitative estimate of drug-likeness (QED) is 0.858. The molecule has 0 amide bonds. The Labute approximate surface area is 111 Å². The minimum absolute atomic E-state index is 0.0805. The predicted octanol–water partition coefficient (Wildman–Crippen LogP) is 0.967. The molecule has 0 aromatic carbocycles. The lowest BCUT2D eigenvalue weighted by Crippen LogP contribution is -2.22. The standard InChI is InChI=1S/C10H17N3O3S2/c1-18(14,15)8-9(11)13-17-10(8)12-6-7-2-4-16-5-3-7/h7,12H,2-6H2,1H3,(H2,11,13). The molecule has 0 radical (unpaired) electrons. The number of aromatic nitrogens is 1. The Hall–Kier alpha value is -0.860. The first-order valence-corrected chi connectivity index (χ1v) is 8.42. The molecule has 0 bridgehead atoms. The molecule has 18 heavy (non-hydrogen) atoms. The Morgan fingerprint density at radius 1 is 1.50 bits per heavy atom. The Morgan fingerprint density at radius 2 is 2.17 bits per heavy atom. The van der Waals surface area contributed by atoms with Crippen LogP contribution in [0, 0.1) is 5.92 Å². The molecule has 2 rings (SSSR count). The van der Waals surface area contributed by atoms with E-state index in [1.54, 1.807) is 0 Å². The topological polar surface area (TPSA) is 94.3 Å². The van der Waals surface area contributed by atoms with Crippen LogP contribution in [0.3, 0.4) is 0 Å². The van der Waals surface area contributed by atoms with E-state index >= 15 is 0 Å². The molecule has 3 N–H and O–H groups in total. The maximum atomic E-state index is 11.6. The summed E-state index contributed by atoms with van der Waals surface area (Å²) in [5, 5.41) is 3.69. The van der Waals surface area contributed by atoms with Crippen molar-refractivity contribution >= 4 is 32.2 Å². The molecule has 0 atom stereocenters. The number of sulfone groups is 1. The number of nitrogen functional groups attached to an aromatic ring is 1. The van der Waals surface area contributed by atoms with Crippen molar-refractivity contribution in [2.24, 2.45) is 5.92 Å². The molecule has 0 saturated carbocycles. The van der Waals surface area contributed by atoms with E-state index in [2.05, 4.69) is 9.69 Å². The molecular weight excluding hydrogens is 274 g/mol. The predicted molar refractivity (Wildman–Crippen MR) is 71.7 cm³/mol. The van der Waals surface area contributed by atoms with Crippen molar-refractivity contribution in [3.63, 3.8) is 0 Å². The van der Waals surface area contributed by atoms with Crippen LogP contribution in [0.4, 0.5) is 10.8 Å². The van der Waals surface area contributed by atoms with Crippen LogP contribution in [-0.4, -0.2) is 38.8 Å². The van der Waals surface area contributed by atoms with Crippen LogP contribution in [0.5, 0.6) is 0 Å². The van der Waals surface area contributed by atoms with Gasteiger partial charge in [0.25, 0.3) is 0 Å². The van der Waals surface area contributed by atoms with Crippen molar-refractivity contribution in [3.8, 4) is 0 Å². The van der Waals surface area contributed by atoms with Crippen molar-refractivity contribution in [2.75, 3.05) is 37.1 Å². The third kappa shape index (κ3) is 3.12. The average molecular weight is 291 g/mol. The van der Waals surface area contributed by atoms with E-state index in [4.69, 9.17) is 10.5 Å². The zero-order valence-electron chi connectivity index (χ0n) is 10.2. The number of hydrogen-bond acceptors (Lipinski definition) is 7. The molecular formula is C10H17N3O3S2. The Kier molecular flexibility index (Phi) is 4.08. The van der Waals surface area contributed by atoms with E-state index in [1.807, 2.05) is 0 Å². The summed E-state index contributed by atoms with van der Waals surface area (Å²) in [5.41, 5.74) is 5.60. The third-order valence-electron chi connectivity index (χ3n) is 2.94. The third-order valence-corrected chi connectivity index (χ3v) is 5.04. The van der Waals surface area contributed by atoms with Crippen LogP contribution in [-0.2, 0) is 14.6 Å². The number of hydrogen-bond donors (Lipinski definition) is 2. The lowest BCUT2D eigenvalue weighted by atomic mass is 10.0. The molecule has 8 heteroatoms. The Balaban J connectivity index is 2.05. The van der Waals surface area contributed by atoms with Gasteiger partial charge in [-0.3, -0.25) is 0 Å². The van der Waals surface area contributed by atoms with Crippen LogP contribution >= 0.6 is 11.5 Å². The van der Waals surface area contributed by atoms with Crippen molar-refractivity contribution in [1.82, 2.24) is 4.37 Å². The number of anilines is 2. The molecule has 1 aliphatic rings. The van der Waals surface area contributed by atoms with E-state index in [1.165, 1.54) is 0 Å². The van der Waals surface area contributed by atoms with Gasteiger partial charge in [-0.2, -0.15) is 4.37 Å². The van der Waals surface area contributed by atoms with Gasteiger partial charge < -0.3 is 15.8 Å². The maximum absolute atomic E-state index is 11.6. The fourth-order valence-corrected chi connectivity index (χ4v) is 4.03. The maximum Gasteiger partial charge on any atom is 0.182 e. The Morgan fingerprint density at radius 3 is 2.78 bits per heavy atom. The molecule has 0 aliphatic carbocycles. The second-order valence-electron chi connectivity index (χ2n) is 4.43. The normalized spacial score (nSPS) is 17.8. The summed E-state index contributed by atoms with van der Waals surface area (Å²) in [6, 6.07) is 0. The lowest BCUT2D eigenvalue weighted by Gasteiger charge is -2.22. The fourth-order valence-electron chi connectivity index (χ4n) is 1.95. The van der Waals surface area contributed by atoms with Gasteiger partial charge in [-0.05, 0) is 30.3 Å². The van der Waals surface area contributed by atoms with Gasteiger partial charge in [0.1, 0.15) is 9.90 Å². The van der Waals surface area contributed by atoms with Crippen molar-refractivity contribution in [3.05, 3.63) is 0 Å². The summed E-state index contributed by atoms with van der Waals surface area (Å²) in [6.07, 6.45) is 3.14. The summed E-state index contributed by atoms with van der Waals surface area (Å²) in [7, 11) is -3.34. The van der Waals surface area contributed by atoms with Gasteiger partial charge >= 0.3 is 0 Å². The van der Waals surface area contributed by atoms with Gasteiger partial charge in [-0.25, -0.2) is 8.42 Å². The first-order valence-electron chi connectivity index (χ1n) is 5.75. The van der Waals surface area contributed by atoms with E-state index in [0.29, 0.717) is 10.9 Å². The number of rotatable bonds is 4. The lowest BCUT2D eigenvalue weighted by molar-refractivity contribution is 0.0699. The highest BCUT2D eigenvalue weighted by Gasteiger charge is 2.22. The zero-order chi connectivity index (χ0) is 13.2. The van der Waals surface area contributed by atoms with Crippen LogP contribution in [0.1, 0.15) is 12.8 Å². The molecule has 0 unspecified atom stereocenters. The first-order chi connectivity index (χ1) is 8.48. The van der Waals surface area contributed by atoms with Gasteiger partial charge in [-0.1, -0.05) is 0 Å². The molecule has 2 heterocycles. The van der Waals surface area contributed by atoms with Crippen molar-refractivity contribution < 1.29 is 13.2 Å². The number of nitrogens with two attached hydrogens (primary N) is 1. The summed E-state index contributed by atoms with van der Waals surface area (Å²) in [6.45, 7) is 2.28. The highest BCUT2D eigenvalue weighted by atomic mass is 32.2. The molecule has 6 nitrogen and oxygen atoms in total. The summed E-state index contributed by atoms with van der Waals surface area (Å²) in [4.78, 5) is 0.125. The molecule has 1 fully saturated rings. The average Bonchev–Trinajstić information content (AvgIpc) is 2.69. The molecule has 1 saturated heterocycles. The van der Waals surface area contributed by atoms with Gasteiger partial charge in [0.2, 0.25) is 0 Å². The number of ether oxygens (including phenoxy) is 1. The molecule has 1 aliphatic heterocycles. The summed E-state index contributed by atoms with van der Waals surface area (Å²) >= 11 is 1.10. The molecule has 1 aromatic rings. The smallest absolute Gasteiger partial charge is 0.182 e. The summed E-state index contributed by atoms with van der Waals surface area (Å²) in [5.74, 6) is 0.589. The minimum atomic E-state index is -3.34. The largest absolute Gasteiger partial charge is 0.382 e. The van der Waals surface area contributed by atoms with E-state index in [0.717, 1.165) is 50.4 Å². The minimum Gasteiger partial charge on any atom is -0.382 e. The van der Waals surface area contributed by atoms with Crippen LogP contribution in [0.25, 0.3) is 0 Å². The van der Waals surface area contributed by atoms with Gasteiger partial charge in [-0.15, -0.1) is 0 Å². The fraction of sp³-hybridized carbons (Fsp3) is 0.700. The van der Waals surface area contributed by atoms with Gasteiger partial charge in [0.05, 0.1) is 0 Å². The molecule has 102 valence electrons. The highest BCUT2D eigenvalue weighted by molar-refractivity contribution is 7.91. The van der Waals surface area contributed by atoms with Crippen LogP contribution in [0.15, 0.2) is 4.90 Å². The zero-order valence-corrected chi connectivity index (χ0v) is 11.8. The van der Waals surface area contributed by atoms with Crippen LogP contribution < -0.4 is 11.1 Å².